The average Bonchev–Trinajstić information content (AvgIpc) is 2.61. The second kappa shape index (κ2) is 3.94. The SMILES string of the molecule is Clc1cccnc1N[C@H]1CCNC1. The number of anilines is 1. The van der Waals surface area contributed by atoms with Crippen LogP contribution in [0.2, 0.25) is 5.02 Å². The summed E-state index contributed by atoms with van der Waals surface area (Å²) in [7, 11) is 0. The van der Waals surface area contributed by atoms with Crippen molar-refractivity contribution in [1.82, 2.24) is 10.3 Å². The van der Waals surface area contributed by atoms with Gasteiger partial charge in [0.25, 0.3) is 0 Å². The largest absolute Gasteiger partial charge is 0.365 e. The minimum atomic E-state index is 0.465. The van der Waals surface area contributed by atoms with E-state index >= 15 is 0 Å². The quantitative estimate of drug-likeness (QED) is 0.755. The summed E-state index contributed by atoms with van der Waals surface area (Å²) in [5, 5.41) is 7.27. The molecule has 2 heterocycles. The van der Waals surface area contributed by atoms with Crippen LogP contribution in [-0.2, 0) is 0 Å². The zero-order valence-corrected chi connectivity index (χ0v) is 8.01. The van der Waals surface area contributed by atoms with Crippen LogP contribution in [0.15, 0.2) is 18.3 Å². The lowest BCUT2D eigenvalue weighted by molar-refractivity contribution is 0.788. The Morgan fingerprint density at radius 2 is 2.54 bits per heavy atom. The molecule has 2 rings (SSSR count). The van der Waals surface area contributed by atoms with E-state index in [1.54, 1.807) is 6.20 Å². The van der Waals surface area contributed by atoms with Gasteiger partial charge in [0.05, 0.1) is 5.02 Å². The maximum atomic E-state index is 5.96. The molecule has 0 unspecified atom stereocenters. The molecule has 1 aliphatic rings. The minimum Gasteiger partial charge on any atom is -0.365 e. The molecule has 1 atom stereocenters. The van der Waals surface area contributed by atoms with E-state index < -0.39 is 0 Å². The van der Waals surface area contributed by atoms with Crippen LogP contribution in [0.1, 0.15) is 6.42 Å². The molecule has 1 fully saturated rings. The summed E-state index contributed by atoms with van der Waals surface area (Å²) in [5.74, 6) is 0.790. The Morgan fingerprint density at radius 1 is 1.62 bits per heavy atom. The molecule has 4 heteroatoms. The van der Waals surface area contributed by atoms with Crippen LogP contribution in [0, 0.1) is 0 Å². The molecule has 1 saturated heterocycles. The average molecular weight is 198 g/mol. The van der Waals surface area contributed by atoms with Crippen LogP contribution >= 0.6 is 11.6 Å². The number of rotatable bonds is 2. The number of hydrogen-bond donors (Lipinski definition) is 2. The molecule has 1 aliphatic heterocycles. The Hall–Kier alpha value is -0.800. The van der Waals surface area contributed by atoms with Crippen LogP contribution in [0.25, 0.3) is 0 Å². The van der Waals surface area contributed by atoms with Crippen molar-refractivity contribution in [2.75, 3.05) is 18.4 Å². The Bertz CT molecular complexity index is 284. The van der Waals surface area contributed by atoms with Crippen LogP contribution in [0.3, 0.4) is 0 Å². The molecule has 13 heavy (non-hydrogen) atoms. The highest BCUT2D eigenvalue weighted by Gasteiger charge is 2.15. The first kappa shape index (κ1) is 8.78. The fraction of sp³-hybridized carbons (Fsp3) is 0.444. The molecule has 0 amide bonds. The Labute approximate surface area is 82.5 Å². The summed E-state index contributed by atoms with van der Waals surface area (Å²) >= 11 is 5.96. The van der Waals surface area contributed by atoms with Gasteiger partial charge in [-0.1, -0.05) is 11.6 Å². The molecule has 0 radical (unpaired) electrons. The van der Waals surface area contributed by atoms with Gasteiger partial charge >= 0.3 is 0 Å². The number of halogens is 1. The third kappa shape index (κ3) is 2.11. The predicted molar refractivity (Wildman–Crippen MR) is 54.1 cm³/mol. The first-order chi connectivity index (χ1) is 6.36. The summed E-state index contributed by atoms with van der Waals surface area (Å²) in [6.45, 7) is 2.06. The molecule has 0 aromatic carbocycles. The number of aromatic nitrogens is 1. The summed E-state index contributed by atoms with van der Waals surface area (Å²) < 4.78 is 0. The molecular weight excluding hydrogens is 186 g/mol. The first-order valence-electron chi connectivity index (χ1n) is 4.44. The molecule has 0 bridgehead atoms. The minimum absolute atomic E-state index is 0.465. The van der Waals surface area contributed by atoms with Crippen LogP contribution < -0.4 is 10.6 Å². The van der Waals surface area contributed by atoms with Gasteiger partial charge in [0.15, 0.2) is 0 Å². The molecule has 2 N–H and O–H groups in total. The molecule has 1 aromatic heterocycles. The highest BCUT2D eigenvalue weighted by molar-refractivity contribution is 6.32. The van der Waals surface area contributed by atoms with E-state index in [9.17, 15) is 0 Å². The maximum Gasteiger partial charge on any atom is 0.145 e. The Balaban J connectivity index is 2.04. The second-order valence-corrected chi connectivity index (χ2v) is 3.58. The van der Waals surface area contributed by atoms with Crippen molar-refractivity contribution < 1.29 is 0 Å². The Morgan fingerprint density at radius 3 is 3.23 bits per heavy atom. The van der Waals surface area contributed by atoms with E-state index in [2.05, 4.69) is 15.6 Å². The highest BCUT2D eigenvalue weighted by atomic mass is 35.5. The maximum absolute atomic E-state index is 5.96. The molecule has 0 saturated carbocycles. The molecule has 0 spiro atoms. The standard InChI is InChI=1S/C9H12ClN3/c10-8-2-1-4-12-9(8)13-7-3-5-11-6-7/h1-2,4,7,11H,3,5-6H2,(H,12,13)/t7-/m0/s1. The smallest absolute Gasteiger partial charge is 0.145 e. The molecule has 3 nitrogen and oxygen atoms in total. The lowest BCUT2D eigenvalue weighted by Gasteiger charge is -2.12. The zero-order valence-electron chi connectivity index (χ0n) is 7.26. The van der Waals surface area contributed by atoms with Crippen LogP contribution in [-0.4, -0.2) is 24.1 Å². The van der Waals surface area contributed by atoms with Crippen molar-refractivity contribution in [1.29, 1.82) is 0 Å². The number of hydrogen-bond acceptors (Lipinski definition) is 3. The fourth-order valence-corrected chi connectivity index (χ4v) is 1.64. The summed E-state index contributed by atoms with van der Waals surface area (Å²) in [4.78, 5) is 4.17. The van der Waals surface area contributed by atoms with Crippen molar-refractivity contribution >= 4 is 17.4 Å². The van der Waals surface area contributed by atoms with Crippen LogP contribution in [0.4, 0.5) is 5.82 Å². The summed E-state index contributed by atoms with van der Waals surface area (Å²) in [6, 6.07) is 4.15. The third-order valence-corrected chi connectivity index (χ3v) is 2.46. The van der Waals surface area contributed by atoms with Gasteiger partial charge in [-0.2, -0.15) is 0 Å². The van der Waals surface area contributed by atoms with Gasteiger partial charge in [-0.25, -0.2) is 4.98 Å². The van der Waals surface area contributed by atoms with Gasteiger partial charge in [0.2, 0.25) is 0 Å². The number of nitrogens with zero attached hydrogens (tertiary/aromatic N) is 1. The lowest BCUT2D eigenvalue weighted by atomic mass is 10.2. The van der Waals surface area contributed by atoms with Crippen molar-refractivity contribution in [3.05, 3.63) is 23.4 Å². The summed E-state index contributed by atoms with van der Waals surface area (Å²) in [5.41, 5.74) is 0. The van der Waals surface area contributed by atoms with E-state index in [0.717, 1.165) is 25.3 Å². The number of nitrogens with one attached hydrogen (secondary N) is 2. The van der Waals surface area contributed by atoms with Crippen molar-refractivity contribution in [2.45, 2.75) is 12.5 Å². The van der Waals surface area contributed by atoms with E-state index in [1.807, 2.05) is 12.1 Å². The second-order valence-electron chi connectivity index (χ2n) is 3.17. The summed E-state index contributed by atoms with van der Waals surface area (Å²) in [6.07, 6.45) is 2.88. The molecule has 70 valence electrons. The highest BCUT2D eigenvalue weighted by Crippen LogP contribution is 2.19. The van der Waals surface area contributed by atoms with Gasteiger partial charge in [-0.05, 0) is 25.1 Å². The van der Waals surface area contributed by atoms with Gasteiger partial charge in [0, 0.05) is 18.8 Å². The molecule has 1 aromatic rings. The third-order valence-electron chi connectivity index (χ3n) is 2.16. The predicted octanol–water partition coefficient (Wildman–Crippen LogP) is 1.51. The van der Waals surface area contributed by atoms with Crippen molar-refractivity contribution in [3.63, 3.8) is 0 Å². The lowest BCUT2D eigenvalue weighted by Crippen LogP contribution is -2.22. The first-order valence-corrected chi connectivity index (χ1v) is 4.82. The van der Waals surface area contributed by atoms with Gasteiger partial charge in [0.1, 0.15) is 5.82 Å². The van der Waals surface area contributed by atoms with Gasteiger partial charge in [-0.3, -0.25) is 0 Å². The van der Waals surface area contributed by atoms with Crippen LogP contribution in [0.5, 0.6) is 0 Å². The van der Waals surface area contributed by atoms with Gasteiger partial charge in [-0.15, -0.1) is 0 Å². The van der Waals surface area contributed by atoms with Gasteiger partial charge < -0.3 is 10.6 Å². The topological polar surface area (TPSA) is 37.0 Å². The zero-order chi connectivity index (χ0) is 9.10. The van der Waals surface area contributed by atoms with E-state index in [0.29, 0.717) is 11.1 Å². The Kier molecular flexibility index (Phi) is 2.66. The van der Waals surface area contributed by atoms with Crippen molar-refractivity contribution in [3.8, 4) is 0 Å². The van der Waals surface area contributed by atoms with E-state index in [1.165, 1.54) is 0 Å². The number of pyridine rings is 1. The van der Waals surface area contributed by atoms with E-state index in [4.69, 9.17) is 11.6 Å². The fourth-order valence-electron chi connectivity index (χ4n) is 1.46. The van der Waals surface area contributed by atoms with E-state index in [-0.39, 0.29) is 0 Å². The molecule has 0 aliphatic carbocycles. The normalized spacial score (nSPS) is 21.8. The monoisotopic (exact) mass is 197 g/mol. The molecular formula is C9H12ClN3. The van der Waals surface area contributed by atoms with Crippen molar-refractivity contribution in [2.24, 2.45) is 0 Å².